The molecule has 0 aliphatic heterocycles. The lowest BCUT2D eigenvalue weighted by Gasteiger charge is -2.12. The van der Waals surface area contributed by atoms with Crippen LogP contribution in [-0.4, -0.2) is 30.0 Å². The summed E-state index contributed by atoms with van der Waals surface area (Å²) in [5, 5.41) is 0. The van der Waals surface area contributed by atoms with E-state index in [4.69, 9.17) is 8.37 Å². The minimum absolute atomic E-state index is 0.0204. The van der Waals surface area contributed by atoms with Crippen LogP contribution in [0, 0.1) is 0 Å². The zero-order valence-electron chi connectivity index (χ0n) is 15.3. The first kappa shape index (κ1) is 23.5. The summed E-state index contributed by atoms with van der Waals surface area (Å²) in [6, 6.07) is 9.44. The Kier molecular flexibility index (Phi) is 8.24. The minimum atomic E-state index is -3.94. The number of hydrogen-bond acceptors (Lipinski definition) is 6. The van der Waals surface area contributed by atoms with Crippen molar-refractivity contribution in [2.45, 2.75) is 36.5 Å². The molecular weight excluding hydrogens is 536 g/mol. The van der Waals surface area contributed by atoms with Crippen LogP contribution >= 0.6 is 31.9 Å². The molecule has 0 heterocycles. The van der Waals surface area contributed by atoms with Gasteiger partial charge < -0.3 is 0 Å². The maximum atomic E-state index is 12.4. The average Bonchev–Trinajstić information content (AvgIpc) is 2.65. The van der Waals surface area contributed by atoms with Gasteiger partial charge in [-0.25, -0.2) is 0 Å². The molecule has 0 unspecified atom stereocenters. The minimum Gasteiger partial charge on any atom is -0.266 e. The van der Waals surface area contributed by atoms with Gasteiger partial charge in [-0.2, -0.15) is 16.8 Å². The summed E-state index contributed by atoms with van der Waals surface area (Å²) in [5.41, 5.74) is 1.06. The molecule has 0 amide bonds. The van der Waals surface area contributed by atoms with Gasteiger partial charge in [0, 0.05) is 8.95 Å². The lowest BCUT2D eigenvalue weighted by molar-refractivity contribution is 0.317. The van der Waals surface area contributed by atoms with E-state index in [2.05, 4.69) is 31.9 Å². The van der Waals surface area contributed by atoms with Gasteiger partial charge in [-0.05, 0) is 80.1 Å². The molecule has 0 radical (unpaired) electrons. The molecule has 28 heavy (non-hydrogen) atoms. The molecule has 0 saturated heterocycles. The Balaban J connectivity index is 2.52. The Morgan fingerprint density at radius 2 is 1.07 bits per heavy atom. The van der Waals surface area contributed by atoms with Crippen LogP contribution in [0.1, 0.15) is 26.7 Å². The summed E-state index contributed by atoms with van der Waals surface area (Å²) in [6.45, 7) is 3.78. The molecule has 0 N–H and O–H groups in total. The topological polar surface area (TPSA) is 86.7 Å². The van der Waals surface area contributed by atoms with Crippen molar-refractivity contribution in [3.63, 3.8) is 0 Å². The lowest BCUT2D eigenvalue weighted by Crippen LogP contribution is -2.09. The predicted octanol–water partition coefficient (Wildman–Crippen LogP) is 5.11. The van der Waals surface area contributed by atoms with E-state index in [0.29, 0.717) is 32.9 Å². The Bertz CT molecular complexity index is 964. The monoisotopic (exact) mass is 554 g/mol. The van der Waals surface area contributed by atoms with E-state index < -0.39 is 20.2 Å². The Labute approximate surface area is 182 Å². The highest BCUT2D eigenvalue weighted by Crippen LogP contribution is 2.33. The van der Waals surface area contributed by atoms with Gasteiger partial charge in [-0.3, -0.25) is 8.37 Å². The van der Waals surface area contributed by atoms with Crippen molar-refractivity contribution in [2.75, 3.05) is 13.2 Å². The van der Waals surface area contributed by atoms with Crippen LogP contribution in [0.15, 0.2) is 55.1 Å². The maximum absolute atomic E-state index is 12.4. The van der Waals surface area contributed by atoms with Crippen molar-refractivity contribution in [1.29, 1.82) is 0 Å². The smallest absolute Gasteiger partial charge is 0.266 e. The first-order valence-corrected chi connectivity index (χ1v) is 12.9. The summed E-state index contributed by atoms with van der Waals surface area (Å²) < 4.78 is 60.4. The summed E-state index contributed by atoms with van der Waals surface area (Å²) in [6.07, 6.45) is 1.12. The first-order chi connectivity index (χ1) is 13.1. The van der Waals surface area contributed by atoms with Crippen LogP contribution in [-0.2, 0) is 28.6 Å². The number of hydrogen-bond donors (Lipinski definition) is 0. The molecule has 0 atom stereocenters. The quantitative estimate of drug-likeness (QED) is 0.400. The summed E-state index contributed by atoms with van der Waals surface area (Å²) >= 11 is 6.47. The third kappa shape index (κ3) is 5.64. The number of rotatable bonds is 9. The normalized spacial score (nSPS) is 12.3. The molecule has 0 aromatic heterocycles. The van der Waals surface area contributed by atoms with Gasteiger partial charge in [0.05, 0.1) is 13.2 Å². The highest BCUT2D eigenvalue weighted by Gasteiger charge is 2.22. The van der Waals surface area contributed by atoms with Crippen LogP contribution in [0.2, 0.25) is 0 Å². The zero-order chi connectivity index (χ0) is 20.9. The van der Waals surface area contributed by atoms with Crippen LogP contribution in [0.4, 0.5) is 0 Å². The van der Waals surface area contributed by atoms with Crippen molar-refractivity contribution in [3.8, 4) is 11.1 Å². The van der Waals surface area contributed by atoms with Gasteiger partial charge in [0.1, 0.15) is 9.79 Å². The number of halogens is 2. The van der Waals surface area contributed by atoms with E-state index in [1.54, 1.807) is 24.3 Å². The second kappa shape index (κ2) is 9.82. The van der Waals surface area contributed by atoms with Gasteiger partial charge in [-0.1, -0.05) is 26.0 Å². The Hall–Kier alpha value is -0.780. The molecule has 0 saturated carbocycles. The van der Waals surface area contributed by atoms with Crippen LogP contribution in [0.3, 0.4) is 0 Å². The second-order valence-corrected chi connectivity index (χ2v) is 10.7. The molecule has 0 aliphatic carbocycles. The summed E-state index contributed by atoms with van der Waals surface area (Å²) in [5.74, 6) is 0. The molecule has 0 spiro atoms. The molecule has 154 valence electrons. The Morgan fingerprint density at radius 3 is 1.39 bits per heavy atom. The van der Waals surface area contributed by atoms with Crippen molar-refractivity contribution in [1.82, 2.24) is 0 Å². The third-order valence-electron chi connectivity index (χ3n) is 3.62. The number of benzene rings is 2. The third-order valence-corrected chi connectivity index (χ3v) is 8.23. The fourth-order valence-electron chi connectivity index (χ4n) is 2.26. The van der Waals surface area contributed by atoms with E-state index in [1.807, 2.05) is 13.8 Å². The molecular formula is C18H20Br2O6S2. The summed E-state index contributed by atoms with van der Waals surface area (Å²) in [7, 11) is -7.88. The van der Waals surface area contributed by atoms with Crippen molar-refractivity contribution in [2.24, 2.45) is 0 Å². The van der Waals surface area contributed by atoms with Gasteiger partial charge in [0.25, 0.3) is 20.2 Å². The second-order valence-electron chi connectivity index (χ2n) is 5.84. The predicted molar refractivity (Wildman–Crippen MR) is 114 cm³/mol. The van der Waals surface area contributed by atoms with Crippen LogP contribution in [0.5, 0.6) is 0 Å². The molecule has 2 aromatic carbocycles. The van der Waals surface area contributed by atoms with Gasteiger partial charge in [-0.15, -0.1) is 0 Å². The van der Waals surface area contributed by atoms with E-state index >= 15 is 0 Å². The van der Waals surface area contributed by atoms with Gasteiger partial charge in [0.15, 0.2) is 0 Å². The van der Waals surface area contributed by atoms with E-state index in [-0.39, 0.29) is 23.0 Å². The standard InChI is InChI=1S/C18H20Br2O6S2/c1-3-9-25-27(21,22)17-11-13(5-7-15(17)19)14-6-8-16(20)18(12-14)28(23,24)26-10-4-2/h5-8,11-12H,3-4,9-10H2,1-2H3. The first-order valence-electron chi connectivity index (χ1n) is 8.50. The van der Waals surface area contributed by atoms with Crippen molar-refractivity contribution >= 4 is 52.1 Å². The molecule has 2 aromatic rings. The SMILES string of the molecule is CCCOS(=O)(=O)c1cc(-c2ccc(Br)c(S(=O)(=O)OCCC)c2)ccc1Br. The van der Waals surface area contributed by atoms with Gasteiger partial charge in [0.2, 0.25) is 0 Å². The molecule has 0 fully saturated rings. The molecule has 2 rings (SSSR count). The largest absolute Gasteiger partial charge is 0.298 e. The fourth-order valence-corrected chi connectivity index (χ4v) is 6.13. The molecule has 0 bridgehead atoms. The Morgan fingerprint density at radius 1 is 0.714 bits per heavy atom. The van der Waals surface area contributed by atoms with Crippen molar-refractivity contribution < 1.29 is 25.2 Å². The van der Waals surface area contributed by atoms with E-state index in [9.17, 15) is 16.8 Å². The molecule has 6 nitrogen and oxygen atoms in total. The highest BCUT2D eigenvalue weighted by molar-refractivity contribution is 9.10. The fraction of sp³-hybridized carbons (Fsp3) is 0.333. The van der Waals surface area contributed by atoms with Crippen LogP contribution < -0.4 is 0 Å². The maximum Gasteiger partial charge on any atom is 0.298 e. The summed E-state index contributed by atoms with van der Waals surface area (Å²) in [4.78, 5) is -0.0407. The average molecular weight is 556 g/mol. The zero-order valence-corrected chi connectivity index (χ0v) is 20.1. The van der Waals surface area contributed by atoms with E-state index in [0.717, 1.165) is 0 Å². The molecule has 10 heteroatoms. The van der Waals surface area contributed by atoms with Crippen LogP contribution in [0.25, 0.3) is 11.1 Å². The van der Waals surface area contributed by atoms with E-state index in [1.165, 1.54) is 12.1 Å². The highest BCUT2D eigenvalue weighted by atomic mass is 79.9. The lowest BCUT2D eigenvalue weighted by atomic mass is 10.1. The van der Waals surface area contributed by atoms with Crippen molar-refractivity contribution in [3.05, 3.63) is 45.3 Å². The van der Waals surface area contributed by atoms with Gasteiger partial charge >= 0.3 is 0 Å². The molecule has 0 aliphatic rings.